The molecule has 8 heteroatoms. The van der Waals surface area contributed by atoms with Crippen LogP contribution in [0.25, 0.3) is 0 Å². The lowest BCUT2D eigenvalue weighted by Crippen LogP contribution is -2.48. The van der Waals surface area contributed by atoms with Crippen molar-refractivity contribution in [3.8, 4) is 0 Å². The van der Waals surface area contributed by atoms with Crippen LogP contribution in [0, 0.1) is 6.92 Å². The van der Waals surface area contributed by atoms with Gasteiger partial charge in [-0.25, -0.2) is 14.4 Å². The maximum Gasteiger partial charge on any atom is 0.253 e. The summed E-state index contributed by atoms with van der Waals surface area (Å²) in [5, 5.41) is 3.82. The van der Waals surface area contributed by atoms with Crippen molar-refractivity contribution in [2.24, 2.45) is 0 Å². The third-order valence-corrected chi connectivity index (χ3v) is 5.41. The highest BCUT2D eigenvalue weighted by Gasteiger charge is 2.35. The maximum absolute atomic E-state index is 15.0. The number of hydrogen-bond acceptors (Lipinski definition) is 4. The second-order valence-corrected chi connectivity index (χ2v) is 7.67. The molecule has 3 rings (SSSR count). The molecule has 0 atom stereocenters. The summed E-state index contributed by atoms with van der Waals surface area (Å²) in [4.78, 5) is 22.6. The Bertz CT molecular complexity index is 808. The van der Waals surface area contributed by atoms with Gasteiger partial charge >= 0.3 is 0 Å². The van der Waals surface area contributed by atoms with Crippen molar-refractivity contribution in [2.75, 3.05) is 19.6 Å². The normalized spacial score (nSPS) is 16.4. The lowest BCUT2D eigenvalue weighted by Gasteiger charge is -2.36. The van der Waals surface area contributed by atoms with Gasteiger partial charge in [-0.05, 0) is 30.7 Å². The summed E-state index contributed by atoms with van der Waals surface area (Å²) in [5.41, 5.74) is 0.101. The molecule has 1 saturated heterocycles. The molecule has 0 radical (unpaired) electrons. The Hall–Kier alpha value is -1.76. The molecule has 27 heavy (non-hydrogen) atoms. The van der Waals surface area contributed by atoms with Gasteiger partial charge in [0, 0.05) is 50.4 Å². The number of aryl methyl sites for hydroxylation is 1. The average Bonchev–Trinajstić information content (AvgIpc) is 2.66. The number of carbonyl (C=O) groups excluding carboxylic acids is 1. The van der Waals surface area contributed by atoms with Gasteiger partial charge in [-0.2, -0.15) is 0 Å². The number of alkyl halides is 1. The fraction of sp³-hybridized carbons (Fsp3) is 0.421. The predicted molar refractivity (Wildman–Crippen MR) is 104 cm³/mol. The molecule has 1 amide bonds. The smallest absolute Gasteiger partial charge is 0.253 e. The van der Waals surface area contributed by atoms with E-state index >= 15 is 4.39 Å². The largest absolute Gasteiger partial charge is 0.338 e. The molecule has 1 aromatic heterocycles. The maximum atomic E-state index is 15.0. The van der Waals surface area contributed by atoms with E-state index in [-0.39, 0.29) is 25.3 Å². The average molecular weight is 411 g/mol. The van der Waals surface area contributed by atoms with Crippen molar-refractivity contribution in [3.63, 3.8) is 0 Å². The Balaban J connectivity index is 1.50. The van der Waals surface area contributed by atoms with Crippen molar-refractivity contribution in [2.45, 2.75) is 32.0 Å². The predicted octanol–water partition coefficient (Wildman–Crippen LogP) is 3.83. The summed E-state index contributed by atoms with van der Waals surface area (Å²) in [6.07, 6.45) is 4.04. The van der Waals surface area contributed by atoms with Crippen LogP contribution in [0.5, 0.6) is 0 Å². The molecule has 1 aliphatic rings. The molecule has 1 aliphatic heterocycles. The number of carbonyl (C=O) groups is 1. The van der Waals surface area contributed by atoms with Gasteiger partial charge in [0.2, 0.25) is 0 Å². The van der Waals surface area contributed by atoms with Crippen LogP contribution < -0.4 is 5.32 Å². The molecule has 0 bridgehead atoms. The van der Waals surface area contributed by atoms with E-state index in [1.165, 1.54) is 0 Å². The second kappa shape index (κ2) is 8.50. The summed E-state index contributed by atoms with van der Waals surface area (Å²) in [5.74, 6) is 0.480. The van der Waals surface area contributed by atoms with Gasteiger partial charge < -0.3 is 10.2 Å². The number of likely N-dealkylation sites (tertiary alicyclic amines) is 1. The van der Waals surface area contributed by atoms with Crippen LogP contribution in [-0.2, 0) is 6.54 Å². The summed E-state index contributed by atoms with van der Waals surface area (Å²) in [6, 6.07) is 4.78. The molecular weight excluding hydrogens is 390 g/mol. The van der Waals surface area contributed by atoms with Crippen molar-refractivity contribution < 1.29 is 9.18 Å². The number of benzene rings is 1. The van der Waals surface area contributed by atoms with E-state index in [0.717, 1.165) is 5.56 Å². The first-order valence-electron chi connectivity index (χ1n) is 8.78. The molecule has 1 N–H and O–H groups in total. The Labute approximate surface area is 167 Å². The highest BCUT2D eigenvalue weighted by molar-refractivity contribution is 6.42. The molecule has 2 heterocycles. The van der Waals surface area contributed by atoms with Gasteiger partial charge in [0.15, 0.2) is 0 Å². The van der Waals surface area contributed by atoms with Gasteiger partial charge in [-0.15, -0.1) is 0 Å². The van der Waals surface area contributed by atoms with Crippen molar-refractivity contribution in [3.05, 3.63) is 57.6 Å². The van der Waals surface area contributed by atoms with Gasteiger partial charge in [0.05, 0.1) is 16.6 Å². The molecule has 144 valence electrons. The van der Waals surface area contributed by atoms with E-state index in [9.17, 15) is 4.79 Å². The van der Waals surface area contributed by atoms with Crippen LogP contribution >= 0.6 is 23.2 Å². The standard InChI is InChI=1S/C19H21Cl2FN4O/c1-13-9-24-17(25-10-13)11-23-12-19(22)4-6-26(7-5-19)18(27)14-2-3-15(20)16(21)8-14/h2-3,8-10,23H,4-7,11-12H2,1H3. The zero-order valence-corrected chi connectivity index (χ0v) is 16.5. The van der Waals surface area contributed by atoms with Gasteiger partial charge in [0.25, 0.3) is 5.91 Å². The van der Waals surface area contributed by atoms with Crippen molar-refractivity contribution >= 4 is 29.1 Å². The lowest BCUT2D eigenvalue weighted by atomic mass is 9.92. The van der Waals surface area contributed by atoms with E-state index in [2.05, 4.69) is 15.3 Å². The molecule has 0 unspecified atom stereocenters. The Kier molecular flexibility index (Phi) is 6.29. The fourth-order valence-electron chi connectivity index (χ4n) is 3.01. The molecule has 5 nitrogen and oxygen atoms in total. The third kappa shape index (κ3) is 5.15. The van der Waals surface area contributed by atoms with E-state index < -0.39 is 5.67 Å². The van der Waals surface area contributed by atoms with E-state index in [1.807, 2.05) is 6.92 Å². The number of nitrogens with zero attached hydrogens (tertiary/aromatic N) is 3. The highest BCUT2D eigenvalue weighted by Crippen LogP contribution is 2.28. The first-order chi connectivity index (χ1) is 12.9. The molecular formula is C19H21Cl2FN4O. The summed E-state index contributed by atoms with van der Waals surface area (Å²) >= 11 is 11.9. The third-order valence-electron chi connectivity index (χ3n) is 4.67. The van der Waals surface area contributed by atoms with Crippen molar-refractivity contribution in [1.29, 1.82) is 0 Å². The number of aromatic nitrogens is 2. The minimum atomic E-state index is -1.35. The van der Waals surface area contributed by atoms with Crippen LogP contribution in [0.2, 0.25) is 10.0 Å². The van der Waals surface area contributed by atoms with Gasteiger partial charge in [0.1, 0.15) is 11.5 Å². The zero-order chi connectivity index (χ0) is 19.4. The zero-order valence-electron chi connectivity index (χ0n) is 15.0. The molecule has 0 aliphatic carbocycles. The highest BCUT2D eigenvalue weighted by atomic mass is 35.5. The first-order valence-corrected chi connectivity index (χ1v) is 9.53. The quantitative estimate of drug-likeness (QED) is 0.813. The number of piperidine rings is 1. The molecule has 1 aromatic carbocycles. The lowest BCUT2D eigenvalue weighted by molar-refractivity contribution is 0.0434. The minimum Gasteiger partial charge on any atom is -0.338 e. The van der Waals surface area contributed by atoms with Crippen LogP contribution in [0.4, 0.5) is 4.39 Å². The summed E-state index contributed by atoms with van der Waals surface area (Å²) in [7, 11) is 0. The Morgan fingerprint density at radius 3 is 2.52 bits per heavy atom. The summed E-state index contributed by atoms with van der Waals surface area (Å²) in [6.45, 7) is 3.26. The second-order valence-electron chi connectivity index (χ2n) is 6.85. The minimum absolute atomic E-state index is 0.156. The van der Waals surface area contributed by atoms with Crippen LogP contribution in [-0.4, -0.2) is 46.1 Å². The molecule has 0 saturated carbocycles. The SMILES string of the molecule is Cc1cnc(CNCC2(F)CCN(C(=O)c3ccc(Cl)c(Cl)c3)CC2)nc1. The first kappa shape index (κ1) is 20.0. The monoisotopic (exact) mass is 410 g/mol. The van der Waals surface area contributed by atoms with Crippen molar-refractivity contribution in [1.82, 2.24) is 20.2 Å². The molecule has 2 aromatic rings. The fourth-order valence-corrected chi connectivity index (χ4v) is 3.31. The van der Waals surface area contributed by atoms with E-state index in [1.54, 1.807) is 35.5 Å². The Morgan fingerprint density at radius 2 is 1.89 bits per heavy atom. The number of halogens is 3. The Morgan fingerprint density at radius 1 is 1.22 bits per heavy atom. The van der Waals surface area contributed by atoms with E-state index in [4.69, 9.17) is 23.2 Å². The van der Waals surface area contributed by atoms with E-state index in [0.29, 0.717) is 41.1 Å². The number of nitrogens with one attached hydrogen (secondary N) is 1. The van der Waals surface area contributed by atoms with Crippen LogP contribution in [0.1, 0.15) is 34.6 Å². The summed E-state index contributed by atoms with van der Waals surface area (Å²) < 4.78 is 15.0. The van der Waals surface area contributed by atoms with Crippen LogP contribution in [0.15, 0.2) is 30.6 Å². The molecule has 0 spiro atoms. The van der Waals surface area contributed by atoms with Gasteiger partial charge in [-0.1, -0.05) is 23.2 Å². The topological polar surface area (TPSA) is 58.1 Å². The van der Waals surface area contributed by atoms with Gasteiger partial charge in [-0.3, -0.25) is 4.79 Å². The number of hydrogen-bond donors (Lipinski definition) is 1. The number of amides is 1. The molecule has 1 fully saturated rings. The number of rotatable bonds is 5. The van der Waals surface area contributed by atoms with Crippen LogP contribution in [0.3, 0.4) is 0 Å².